The molecule has 0 unspecified atom stereocenters. The minimum atomic E-state index is 0. The number of fused-ring (bicyclic) bond motifs is 1. The fraction of sp³-hybridized carbons (Fsp3) is 0.455. The number of hydrogen-bond acceptors (Lipinski definition) is 3. The molecule has 2 aromatic heterocycles. The Morgan fingerprint density at radius 1 is 1.35 bits per heavy atom. The van der Waals surface area contributed by atoms with E-state index in [1.54, 1.807) is 4.68 Å². The van der Waals surface area contributed by atoms with Crippen molar-refractivity contribution in [2.75, 3.05) is 5.73 Å². The van der Waals surface area contributed by atoms with E-state index in [1.807, 2.05) is 19.4 Å². The number of aromatic nitrogens is 4. The van der Waals surface area contributed by atoms with Crippen LogP contribution in [0.2, 0.25) is 0 Å². The van der Waals surface area contributed by atoms with Crippen molar-refractivity contribution in [3.05, 3.63) is 18.2 Å². The van der Waals surface area contributed by atoms with Gasteiger partial charge in [0, 0.05) is 31.8 Å². The standard InChI is InChI=1S/C11H15N5.ClH/c1-15-7-8(6-13-15)10-11(12)16-5-3-2-4-9(16)14-10;/h6-7H,2-5,12H2,1H3;1H. The summed E-state index contributed by atoms with van der Waals surface area (Å²) in [7, 11) is 1.90. The Morgan fingerprint density at radius 2 is 2.18 bits per heavy atom. The molecular weight excluding hydrogens is 238 g/mol. The number of aryl methyl sites for hydroxylation is 2. The average Bonchev–Trinajstić information content (AvgIpc) is 2.84. The van der Waals surface area contributed by atoms with Gasteiger partial charge in [-0.1, -0.05) is 0 Å². The predicted octanol–water partition coefficient (Wildman–Crippen LogP) is 1.62. The molecule has 0 spiro atoms. The van der Waals surface area contributed by atoms with Gasteiger partial charge in [0.1, 0.15) is 17.3 Å². The molecule has 0 saturated carbocycles. The lowest BCUT2D eigenvalue weighted by Crippen LogP contribution is -2.12. The lowest BCUT2D eigenvalue weighted by Gasteiger charge is -2.13. The molecule has 2 N–H and O–H groups in total. The van der Waals surface area contributed by atoms with E-state index < -0.39 is 0 Å². The van der Waals surface area contributed by atoms with Crippen molar-refractivity contribution in [2.24, 2.45) is 7.05 Å². The first kappa shape index (κ1) is 12.0. The van der Waals surface area contributed by atoms with Crippen molar-refractivity contribution in [1.82, 2.24) is 19.3 Å². The molecule has 0 aromatic carbocycles. The second kappa shape index (κ2) is 4.41. The van der Waals surface area contributed by atoms with Gasteiger partial charge in [0.2, 0.25) is 0 Å². The number of anilines is 1. The molecule has 0 bridgehead atoms. The Balaban J connectivity index is 0.00000108. The van der Waals surface area contributed by atoms with E-state index in [0.717, 1.165) is 35.9 Å². The van der Waals surface area contributed by atoms with Crippen LogP contribution in [0.4, 0.5) is 5.82 Å². The molecule has 3 heterocycles. The van der Waals surface area contributed by atoms with Crippen LogP contribution in [0.25, 0.3) is 11.3 Å². The minimum Gasteiger partial charge on any atom is -0.383 e. The van der Waals surface area contributed by atoms with E-state index in [-0.39, 0.29) is 12.4 Å². The molecule has 6 heteroatoms. The van der Waals surface area contributed by atoms with Gasteiger partial charge in [0.25, 0.3) is 0 Å². The molecule has 1 aliphatic rings. The zero-order valence-electron chi connectivity index (χ0n) is 9.76. The molecule has 3 rings (SSSR count). The number of nitrogens with zero attached hydrogens (tertiary/aromatic N) is 4. The first-order chi connectivity index (χ1) is 7.75. The van der Waals surface area contributed by atoms with Crippen LogP contribution in [-0.2, 0) is 20.0 Å². The summed E-state index contributed by atoms with van der Waals surface area (Å²) in [4.78, 5) is 4.62. The third kappa shape index (κ3) is 1.91. The molecule has 92 valence electrons. The molecule has 0 amide bonds. The fourth-order valence-corrected chi connectivity index (χ4v) is 2.26. The first-order valence-electron chi connectivity index (χ1n) is 5.59. The van der Waals surface area contributed by atoms with Gasteiger partial charge < -0.3 is 10.3 Å². The van der Waals surface area contributed by atoms with Crippen molar-refractivity contribution < 1.29 is 0 Å². The van der Waals surface area contributed by atoms with E-state index >= 15 is 0 Å². The normalized spacial score (nSPS) is 14.2. The zero-order valence-corrected chi connectivity index (χ0v) is 10.6. The highest BCUT2D eigenvalue weighted by molar-refractivity contribution is 5.85. The van der Waals surface area contributed by atoms with Crippen LogP contribution >= 0.6 is 12.4 Å². The maximum atomic E-state index is 6.13. The van der Waals surface area contributed by atoms with E-state index in [0.29, 0.717) is 0 Å². The average molecular weight is 254 g/mol. The number of imidazole rings is 1. The van der Waals surface area contributed by atoms with Crippen molar-refractivity contribution in [2.45, 2.75) is 25.8 Å². The maximum Gasteiger partial charge on any atom is 0.131 e. The van der Waals surface area contributed by atoms with Crippen molar-refractivity contribution >= 4 is 18.2 Å². The van der Waals surface area contributed by atoms with Crippen LogP contribution < -0.4 is 5.73 Å². The van der Waals surface area contributed by atoms with Crippen LogP contribution in [0.1, 0.15) is 18.7 Å². The molecule has 0 fully saturated rings. The van der Waals surface area contributed by atoms with Gasteiger partial charge in [0.15, 0.2) is 0 Å². The Bertz CT molecular complexity index is 528. The Labute approximate surface area is 106 Å². The van der Waals surface area contributed by atoms with Crippen molar-refractivity contribution in [3.63, 3.8) is 0 Å². The Hall–Kier alpha value is -1.49. The van der Waals surface area contributed by atoms with Gasteiger partial charge in [-0.2, -0.15) is 5.10 Å². The van der Waals surface area contributed by atoms with Crippen molar-refractivity contribution in [1.29, 1.82) is 0 Å². The third-order valence-electron chi connectivity index (χ3n) is 3.10. The highest BCUT2D eigenvalue weighted by Crippen LogP contribution is 2.28. The van der Waals surface area contributed by atoms with E-state index in [9.17, 15) is 0 Å². The summed E-state index contributed by atoms with van der Waals surface area (Å²) in [6.07, 6.45) is 7.20. The highest BCUT2D eigenvalue weighted by Gasteiger charge is 2.19. The summed E-state index contributed by atoms with van der Waals surface area (Å²) >= 11 is 0. The zero-order chi connectivity index (χ0) is 11.1. The van der Waals surface area contributed by atoms with Crippen molar-refractivity contribution in [3.8, 4) is 11.3 Å². The van der Waals surface area contributed by atoms with E-state index in [2.05, 4.69) is 14.6 Å². The molecule has 5 nitrogen and oxygen atoms in total. The highest BCUT2D eigenvalue weighted by atomic mass is 35.5. The number of hydrogen-bond donors (Lipinski definition) is 1. The molecule has 0 atom stereocenters. The molecule has 0 aliphatic carbocycles. The number of rotatable bonds is 1. The summed E-state index contributed by atoms with van der Waals surface area (Å²) in [5, 5.41) is 4.15. The number of nitrogens with two attached hydrogens (primary N) is 1. The minimum absolute atomic E-state index is 0. The first-order valence-corrected chi connectivity index (χ1v) is 5.59. The van der Waals surface area contributed by atoms with Crippen LogP contribution in [-0.4, -0.2) is 19.3 Å². The largest absolute Gasteiger partial charge is 0.383 e. The summed E-state index contributed by atoms with van der Waals surface area (Å²) in [6, 6.07) is 0. The SMILES string of the molecule is Cl.Cn1cc(-c2nc3n(c2N)CCCC3)cn1. The number of halogens is 1. The Kier molecular flexibility index (Phi) is 3.11. The quantitative estimate of drug-likeness (QED) is 0.840. The lowest BCUT2D eigenvalue weighted by molar-refractivity contribution is 0.527. The van der Waals surface area contributed by atoms with Crippen LogP contribution in [0.15, 0.2) is 12.4 Å². The molecule has 1 aliphatic heterocycles. The van der Waals surface area contributed by atoms with Gasteiger partial charge >= 0.3 is 0 Å². The lowest BCUT2D eigenvalue weighted by atomic mass is 10.2. The summed E-state index contributed by atoms with van der Waals surface area (Å²) < 4.78 is 3.90. The summed E-state index contributed by atoms with van der Waals surface area (Å²) in [6.45, 7) is 0.994. The van der Waals surface area contributed by atoms with Gasteiger partial charge in [-0.3, -0.25) is 4.68 Å². The van der Waals surface area contributed by atoms with Crippen LogP contribution in [0.3, 0.4) is 0 Å². The van der Waals surface area contributed by atoms with Crippen LogP contribution in [0, 0.1) is 0 Å². The fourth-order valence-electron chi connectivity index (χ4n) is 2.26. The second-order valence-electron chi connectivity index (χ2n) is 4.27. The van der Waals surface area contributed by atoms with Gasteiger partial charge in [-0.25, -0.2) is 4.98 Å². The smallest absolute Gasteiger partial charge is 0.131 e. The molecule has 0 radical (unpaired) electrons. The summed E-state index contributed by atoms with van der Waals surface area (Å²) in [5.41, 5.74) is 8.01. The van der Waals surface area contributed by atoms with Gasteiger partial charge in [-0.15, -0.1) is 12.4 Å². The monoisotopic (exact) mass is 253 g/mol. The predicted molar refractivity (Wildman–Crippen MR) is 69.0 cm³/mol. The molecule has 2 aromatic rings. The second-order valence-corrected chi connectivity index (χ2v) is 4.27. The van der Waals surface area contributed by atoms with E-state index in [4.69, 9.17) is 5.73 Å². The van der Waals surface area contributed by atoms with Gasteiger partial charge in [-0.05, 0) is 12.8 Å². The molecule has 17 heavy (non-hydrogen) atoms. The maximum absolute atomic E-state index is 6.13. The topological polar surface area (TPSA) is 61.7 Å². The molecule has 0 saturated heterocycles. The van der Waals surface area contributed by atoms with E-state index in [1.165, 1.54) is 12.8 Å². The summed E-state index contributed by atoms with van der Waals surface area (Å²) in [5.74, 6) is 1.89. The van der Waals surface area contributed by atoms with Gasteiger partial charge in [0.05, 0.1) is 6.20 Å². The Morgan fingerprint density at radius 3 is 2.82 bits per heavy atom. The van der Waals surface area contributed by atoms with Crippen LogP contribution in [0.5, 0.6) is 0 Å². The molecular formula is C11H16ClN5. The third-order valence-corrected chi connectivity index (χ3v) is 3.10. The number of nitrogen functional groups attached to an aromatic ring is 1.